The summed E-state index contributed by atoms with van der Waals surface area (Å²) in [4.78, 5) is 30.6. The zero-order valence-electron chi connectivity index (χ0n) is 22.6. The SMILES string of the molecule is Cc1cc(Cl)ccc1OCC(=O)N1C/C(=C/C=C/C(=O)c2cccc3ccccc23)N(C)CC2=CC=CC=CC21. The molecule has 0 radical (unpaired) electrons. The van der Waals surface area contributed by atoms with Gasteiger partial charge in [-0.25, -0.2) is 0 Å². The molecular formula is C34H31ClN2O3. The van der Waals surface area contributed by atoms with Gasteiger partial charge in [0.2, 0.25) is 0 Å². The van der Waals surface area contributed by atoms with E-state index in [1.165, 1.54) is 0 Å². The molecule has 1 fully saturated rings. The molecule has 5 nitrogen and oxygen atoms in total. The number of hydrogen-bond acceptors (Lipinski definition) is 4. The van der Waals surface area contributed by atoms with Gasteiger partial charge < -0.3 is 14.5 Å². The molecule has 1 amide bonds. The highest BCUT2D eigenvalue weighted by Crippen LogP contribution is 2.26. The zero-order chi connectivity index (χ0) is 28.1. The molecule has 2 aliphatic rings. The second-order valence-electron chi connectivity index (χ2n) is 9.94. The van der Waals surface area contributed by atoms with E-state index in [2.05, 4.69) is 11.0 Å². The Balaban J connectivity index is 1.38. The van der Waals surface area contributed by atoms with E-state index in [4.69, 9.17) is 16.3 Å². The van der Waals surface area contributed by atoms with Gasteiger partial charge in [0.25, 0.3) is 5.91 Å². The number of fused-ring (bicyclic) bond motifs is 2. The van der Waals surface area contributed by atoms with Crippen LogP contribution in [-0.2, 0) is 4.79 Å². The fourth-order valence-electron chi connectivity index (χ4n) is 5.05. The van der Waals surface area contributed by atoms with Gasteiger partial charge in [0.1, 0.15) is 5.75 Å². The monoisotopic (exact) mass is 550 g/mol. The molecule has 0 saturated carbocycles. The minimum Gasteiger partial charge on any atom is -0.483 e. The average Bonchev–Trinajstić information content (AvgIpc) is 3.25. The van der Waals surface area contributed by atoms with Crippen LogP contribution < -0.4 is 4.74 Å². The van der Waals surface area contributed by atoms with Crippen molar-refractivity contribution in [3.8, 4) is 5.75 Å². The van der Waals surface area contributed by atoms with Crippen LogP contribution in [0.15, 0.2) is 121 Å². The Morgan fingerprint density at radius 2 is 1.85 bits per heavy atom. The van der Waals surface area contributed by atoms with E-state index in [-0.39, 0.29) is 24.3 Å². The molecule has 0 N–H and O–H groups in total. The zero-order valence-corrected chi connectivity index (χ0v) is 23.3. The molecule has 1 unspecified atom stereocenters. The number of aryl methyl sites for hydroxylation is 1. The second-order valence-corrected chi connectivity index (χ2v) is 10.4. The molecule has 3 aromatic rings. The topological polar surface area (TPSA) is 49.9 Å². The van der Waals surface area contributed by atoms with E-state index in [9.17, 15) is 9.59 Å². The lowest BCUT2D eigenvalue weighted by atomic mass is 10.0. The van der Waals surface area contributed by atoms with Gasteiger partial charge in [-0.05, 0) is 59.2 Å². The van der Waals surface area contributed by atoms with E-state index in [0.717, 1.165) is 27.6 Å². The molecule has 0 aromatic heterocycles. The molecule has 1 atom stereocenters. The van der Waals surface area contributed by atoms with Crippen LogP contribution in [0.1, 0.15) is 15.9 Å². The van der Waals surface area contributed by atoms with Crippen molar-refractivity contribution in [3.63, 3.8) is 0 Å². The van der Waals surface area contributed by atoms with Crippen molar-refractivity contribution in [2.75, 3.05) is 26.7 Å². The highest BCUT2D eigenvalue weighted by Gasteiger charge is 2.31. The number of hydrogen-bond donors (Lipinski definition) is 0. The van der Waals surface area contributed by atoms with Crippen LogP contribution in [-0.4, -0.2) is 54.3 Å². The van der Waals surface area contributed by atoms with Gasteiger partial charge in [-0.3, -0.25) is 9.59 Å². The number of likely N-dealkylation sites (N-methyl/N-ethyl adjacent to an activating group) is 1. The lowest BCUT2D eigenvalue weighted by Crippen LogP contribution is -2.43. The number of halogens is 1. The Kier molecular flexibility index (Phi) is 8.32. The number of ketones is 1. The molecule has 0 spiro atoms. The maximum absolute atomic E-state index is 13.6. The quantitative estimate of drug-likeness (QED) is 0.253. The van der Waals surface area contributed by atoms with E-state index in [1.807, 2.05) is 97.8 Å². The summed E-state index contributed by atoms with van der Waals surface area (Å²) in [6, 6.07) is 18.8. The Bertz CT molecular complexity index is 1590. The molecule has 40 heavy (non-hydrogen) atoms. The summed E-state index contributed by atoms with van der Waals surface area (Å²) in [6.45, 7) is 2.83. The van der Waals surface area contributed by atoms with Crippen LogP contribution in [0.2, 0.25) is 5.02 Å². The number of allylic oxidation sites excluding steroid dienone is 7. The number of ether oxygens (including phenoxy) is 1. The third-order valence-corrected chi connectivity index (χ3v) is 7.42. The summed E-state index contributed by atoms with van der Waals surface area (Å²) >= 11 is 6.07. The van der Waals surface area contributed by atoms with Gasteiger partial charge in [-0.2, -0.15) is 0 Å². The first kappa shape index (κ1) is 27.2. The molecule has 1 saturated heterocycles. The Labute approximate surface area is 240 Å². The van der Waals surface area contributed by atoms with Crippen molar-refractivity contribution in [1.82, 2.24) is 9.80 Å². The van der Waals surface area contributed by atoms with Crippen molar-refractivity contribution in [1.29, 1.82) is 0 Å². The average molecular weight is 551 g/mol. The van der Waals surface area contributed by atoms with E-state index < -0.39 is 0 Å². The Morgan fingerprint density at radius 3 is 2.70 bits per heavy atom. The minimum atomic E-state index is -0.202. The third-order valence-electron chi connectivity index (χ3n) is 7.18. The van der Waals surface area contributed by atoms with E-state index >= 15 is 0 Å². The molecule has 1 aliphatic heterocycles. The second kappa shape index (κ2) is 12.2. The standard InChI is InChI=1S/C34H31ClN2O3/c1-24-20-27(35)18-19-33(24)40-23-34(39)37-22-28(36(2)21-26-11-4-3-5-16-31(26)37)13-9-17-32(38)30-15-8-12-25-10-6-7-14-29(25)30/h3-20,31H,21-23H2,1-2H3/b17-9+,28-13-. The van der Waals surface area contributed by atoms with Gasteiger partial charge in [0, 0.05) is 29.9 Å². The van der Waals surface area contributed by atoms with Crippen LogP contribution >= 0.6 is 11.6 Å². The summed E-state index contributed by atoms with van der Waals surface area (Å²) in [5, 5.41) is 2.58. The first-order valence-corrected chi connectivity index (χ1v) is 13.6. The number of benzene rings is 3. The molecule has 0 bridgehead atoms. The number of nitrogens with zero attached hydrogens (tertiary/aromatic N) is 2. The minimum absolute atomic E-state index is 0.0643. The van der Waals surface area contributed by atoms with Crippen LogP contribution in [0.3, 0.4) is 0 Å². The molecule has 6 heteroatoms. The fourth-order valence-corrected chi connectivity index (χ4v) is 5.28. The highest BCUT2D eigenvalue weighted by atomic mass is 35.5. The van der Waals surface area contributed by atoms with Crippen molar-refractivity contribution in [2.45, 2.75) is 13.0 Å². The van der Waals surface area contributed by atoms with E-state index in [0.29, 0.717) is 29.4 Å². The summed E-state index contributed by atoms with van der Waals surface area (Å²) in [7, 11) is 2.00. The van der Waals surface area contributed by atoms with Crippen molar-refractivity contribution < 1.29 is 14.3 Å². The first-order valence-electron chi connectivity index (χ1n) is 13.2. The number of carbonyl (C=O) groups excluding carboxylic acids is 2. The van der Waals surface area contributed by atoms with Gasteiger partial charge in [-0.1, -0.05) is 90.5 Å². The predicted octanol–water partition coefficient (Wildman–Crippen LogP) is 6.70. The molecule has 3 aromatic carbocycles. The number of carbonyl (C=O) groups is 2. The van der Waals surface area contributed by atoms with Crippen molar-refractivity contribution in [3.05, 3.63) is 137 Å². The lowest BCUT2D eigenvalue weighted by Gasteiger charge is -2.29. The summed E-state index contributed by atoms with van der Waals surface area (Å²) in [5.74, 6) is 0.434. The van der Waals surface area contributed by atoms with Crippen LogP contribution in [0.5, 0.6) is 5.75 Å². The van der Waals surface area contributed by atoms with Crippen molar-refractivity contribution >= 4 is 34.1 Å². The predicted molar refractivity (Wildman–Crippen MR) is 162 cm³/mol. The summed E-state index contributed by atoms with van der Waals surface area (Å²) in [5.41, 5.74) is 3.56. The van der Waals surface area contributed by atoms with Crippen LogP contribution in [0, 0.1) is 6.92 Å². The first-order chi connectivity index (χ1) is 19.4. The Morgan fingerprint density at radius 1 is 1.02 bits per heavy atom. The van der Waals surface area contributed by atoms with Gasteiger partial charge >= 0.3 is 0 Å². The summed E-state index contributed by atoms with van der Waals surface area (Å²) in [6.07, 6.45) is 15.3. The normalized spacial score (nSPS) is 18.0. The molecule has 5 rings (SSSR count). The van der Waals surface area contributed by atoms with Gasteiger partial charge in [0.05, 0.1) is 12.6 Å². The van der Waals surface area contributed by atoms with Crippen LogP contribution in [0.25, 0.3) is 10.8 Å². The van der Waals surface area contributed by atoms with Crippen LogP contribution in [0.4, 0.5) is 0 Å². The summed E-state index contributed by atoms with van der Waals surface area (Å²) < 4.78 is 5.92. The Hall–Kier alpha value is -4.35. The smallest absolute Gasteiger partial charge is 0.261 e. The van der Waals surface area contributed by atoms with Crippen molar-refractivity contribution in [2.24, 2.45) is 0 Å². The lowest BCUT2D eigenvalue weighted by molar-refractivity contribution is -0.133. The number of amides is 1. The third kappa shape index (κ3) is 6.11. The van der Waals surface area contributed by atoms with E-state index in [1.54, 1.807) is 24.3 Å². The number of rotatable bonds is 6. The molecular weight excluding hydrogens is 520 g/mol. The van der Waals surface area contributed by atoms with Gasteiger partial charge in [0.15, 0.2) is 12.4 Å². The van der Waals surface area contributed by atoms with Gasteiger partial charge in [-0.15, -0.1) is 0 Å². The maximum atomic E-state index is 13.6. The highest BCUT2D eigenvalue weighted by molar-refractivity contribution is 6.30. The fraction of sp³-hybridized carbons (Fsp3) is 0.176. The largest absolute Gasteiger partial charge is 0.483 e. The maximum Gasteiger partial charge on any atom is 0.261 e. The molecule has 1 aliphatic carbocycles. The molecule has 202 valence electrons. The molecule has 1 heterocycles.